The number of aromatic nitrogens is 1. The van der Waals surface area contributed by atoms with E-state index in [1.54, 1.807) is 13.2 Å². The minimum Gasteiger partial charge on any atom is -0.481 e. The summed E-state index contributed by atoms with van der Waals surface area (Å²) in [6.45, 7) is 0. The van der Waals surface area contributed by atoms with Gasteiger partial charge < -0.3 is 9.47 Å². The van der Waals surface area contributed by atoms with Crippen LogP contribution in [0.3, 0.4) is 0 Å². The number of nitrogens with zero attached hydrogens (tertiary/aromatic N) is 1. The Kier molecular flexibility index (Phi) is 2.63. The maximum atomic E-state index is 11.8. The van der Waals surface area contributed by atoms with E-state index >= 15 is 0 Å². The largest absolute Gasteiger partial charge is 0.481 e. The predicted molar refractivity (Wildman–Crippen MR) is 72.8 cm³/mol. The van der Waals surface area contributed by atoms with Crippen molar-refractivity contribution in [1.82, 2.24) is 4.40 Å². The average Bonchev–Trinajstić information content (AvgIpc) is 2.85. The topological polar surface area (TPSA) is 39.9 Å². The summed E-state index contributed by atoms with van der Waals surface area (Å²) in [5.41, 5.74) is 2.32. The van der Waals surface area contributed by atoms with Crippen molar-refractivity contribution in [2.24, 2.45) is 0 Å². The van der Waals surface area contributed by atoms with E-state index in [4.69, 9.17) is 9.47 Å². The van der Waals surface area contributed by atoms with Crippen molar-refractivity contribution in [2.45, 2.75) is 0 Å². The number of pyridine rings is 1. The first-order valence-corrected chi connectivity index (χ1v) is 5.92. The predicted octanol–water partition coefficient (Wildman–Crippen LogP) is 2.89. The number of esters is 1. The summed E-state index contributed by atoms with van der Waals surface area (Å²) < 4.78 is 12.1. The number of rotatable bonds is 2. The van der Waals surface area contributed by atoms with Crippen molar-refractivity contribution >= 4 is 22.4 Å². The third-order valence-corrected chi connectivity index (χ3v) is 3.19. The monoisotopic (exact) mass is 255 g/mol. The number of hydrogen-bond donors (Lipinski definition) is 0. The summed E-state index contributed by atoms with van der Waals surface area (Å²) in [6, 6.07) is 13.7. The van der Waals surface area contributed by atoms with Gasteiger partial charge in [-0.1, -0.05) is 24.3 Å². The first-order valence-electron chi connectivity index (χ1n) is 5.92. The highest BCUT2D eigenvalue weighted by molar-refractivity contribution is 5.96. The highest BCUT2D eigenvalue weighted by atomic mass is 16.5. The van der Waals surface area contributed by atoms with Gasteiger partial charge in [0, 0.05) is 0 Å². The molecule has 0 saturated carbocycles. The molecule has 0 spiro atoms. The molecule has 19 heavy (non-hydrogen) atoms. The molecule has 0 atom stereocenters. The number of carbonyl (C=O) groups excluding carboxylic acids is 1. The van der Waals surface area contributed by atoms with Gasteiger partial charge in [0.05, 0.1) is 25.3 Å². The summed E-state index contributed by atoms with van der Waals surface area (Å²) in [7, 11) is 2.91. The minimum absolute atomic E-state index is 0.398. The zero-order valence-electron chi connectivity index (χ0n) is 10.7. The number of carbonyl (C=O) groups is 1. The molecule has 0 fully saturated rings. The quantitative estimate of drug-likeness (QED) is 0.661. The van der Waals surface area contributed by atoms with E-state index in [0.717, 1.165) is 16.4 Å². The van der Waals surface area contributed by atoms with Gasteiger partial charge in [-0.2, -0.15) is 0 Å². The molecule has 96 valence electrons. The lowest BCUT2D eigenvalue weighted by molar-refractivity contribution is 0.0597. The summed E-state index contributed by atoms with van der Waals surface area (Å²) in [5.74, 6) is 0.100. The minimum atomic E-state index is -0.398. The van der Waals surface area contributed by atoms with Crippen molar-refractivity contribution in [1.29, 1.82) is 0 Å². The molecule has 4 nitrogen and oxygen atoms in total. The number of ether oxygens (including phenoxy) is 2. The smallest absolute Gasteiger partial charge is 0.343 e. The molecular weight excluding hydrogens is 242 g/mol. The molecule has 4 heteroatoms. The van der Waals surface area contributed by atoms with Gasteiger partial charge >= 0.3 is 5.97 Å². The molecule has 3 aromatic rings. The van der Waals surface area contributed by atoms with Gasteiger partial charge in [-0.15, -0.1) is 0 Å². The molecule has 0 unspecified atom stereocenters. The lowest BCUT2D eigenvalue weighted by atomic mass is 10.2. The third-order valence-electron chi connectivity index (χ3n) is 3.19. The Balaban J connectivity index is 2.45. The second-order valence-corrected chi connectivity index (χ2v) is 4.21. The lowest BCUT2D eigenvalue weighted by Gasteiger charge is -2.07. The molecule has 0 aliphatic heterocycles. The highest BCUT2D eigenvalue weighted by Crippen LogP contribution is 2.29. The van der Waals surface area contributed by atoms with Gasteiger partial charge in [-0.3, -0.25) is 4.40 Å². The zero-order valence-corrected chi connectivity index (χ0v) is 10.7. The van der Waals surface area contributed by atoms with E-state index in [0.29, 0.717) is 11.4 Å². The first-order chi connectivity index (χ1) is 9.26. The second kappa shape index (κ2) is 4.31. The molecule has 0 N–H and O–H groups in total. The molecule has 1 aromatic carbocycles. The number of hydrogen-bond acceptors (Lipinski definition) is 3. The van der Waals surface area contributed by atoms with Gasteiger partial charge in [0.2, 0.25) is 5.88 Å². The van der Waals surface area contributed by atoms with Crippen molar-refractivity contribution in [3.05, 3.63) is 48.0 Å². The standard InChI is InChI=1S/C15H13NO3/c1-18-14-12(15(17)19-2)9-11-8-7-10-5-3-4-6-13(10)16(11)14/h3-9H,1-2H3. The number of para-hydroxylation sites is 1. The van der Waals surface area contributed by atoms with E-state index < -0.39 is 5.97 Å². The Hall–Kier alpha value is -2.49. The maximum absolute atomic E-state index is 11.8. The van der Waals surface area contributed by atoms with Crippen LogP contribution in [0.25, 0.3) is 16.4 Å². The van der Waals surface area contributed by atoms with Crippen molar-refractivity contribution in [3.8, 4) is 5.88 Å². The van der Waals surface area contributed by atoms with E-state index in [2.05, 4.69) is 0 Å². The zero-order chi connectivity index (χ0) is 13.4. The fourth-order valence-electron chi connectivity index (χ4n) is 2.35. The van der Waals surface area contributed by atoms with Crippen LogP contribution in [0.15, 0.2) is 42.5 Å². The van der Waals surface area contributed by atoms with Crippen LogP contribution in [-0.2, 0) is 4.74 Å². The van der Waals surface area contributed by atoms with Crippen LogP contribution in [0.4, 0.5) is 0 Å². The van der Waals surface area contributed by atoms with Crippen LogP contribution < -0.4 is 4.74 Å². The van der Waals surface area contributed by atoms with Crippen LogP contribution in [-0.4, -0.2) is 24.6 Å². The van der Waals surface area contributed by atoms with Crippen LogP contribution >= 0.6 is 0 Å². The Bertz CT molecular complexity index is 774. The normalized spacial score (nSPS) is 10.8. The molecule has 0 aliphatic carbocycles. The van der Waals surface area contributed by atoms with Crippen molar-refractivity contribution in [2.75, 3.05) is 14.2 Å². The average molecular weight is 255 g/mol. The Morgan fingerprint density at radius 2 is 1.89 bits per heavy atom. The SMILES string of the molecule is COC(=O)c1cc2ccc3ccccc3n2c1OC. The Labute approximate surface area is 110 Å². The van der Waals surface area contributed by atoms with Gasteiger partial charge in [-0.05, 0) is 23.6 Å². The van der Waals surface area contributed by atoms with Gasteiger partial charge in [-0.25, -0.2) is 4.79 Å². The van der Waals surface area contributed by atoms with E-state index in [1.807, 2.05) is 40.8 Å². The maximum Gasteiger partial charge on any atom is 0.343 e. The molecule has 0 aliphatic rings. The summed E-state index contributed by atoms with van der Waals surface area (Å²) in [6.07, 6.45) is 0. The second-order valence-electron chi connectivity index (χ2n) is 4.21. The summed E-state index contributed by atoms with van der Waals surface area (Å²) in [5, 5.41) is 1.08. The van der Waals surface area contributed by atoms with Gasteiger partial charge in [0.25, 0.3) is 0 Å². The van der Waals surface area contributed by atoms with E-state index in [-0.39, 0.29) is 0 Å². The van der Waals surface area contributed by atoms with Gasteiger partial charge in [0.15, 0.2) is 0 Å². The molecule has 2 aromatic heterocycles. The molecule has 0 amide bonds. The number of benzene rings is 1. The first kappa shape index (κ1) is 11.6. The Morgan fingerprint density at radius 1 is 1.11 bits per heavy atom. The highest BCUT2D eigenvalue weighted by Gasteiger charge is 2.19. The summed E-state index contributed by atoms with van der Waals surface area (Å²) in [4.78, 5) is 11.8. The fraction of sp³-hybridized carbons (Fsp3) is 0.133. The van der Waals surface area contributed by atoms with Gasteiger partial charge in [0.1, 0.15) is 5.56 Å². The molecular formula is C15H13NO3. The Morgan fingerprint density at radius 3 is 2.63 bits per heavy atom. The molecule has 2 heterocycles. The third kappa shape index (κ3) is 1.64. The molecule has 0 radical (unpaired) electrons. The number of fused-ring (bicyclic) bond motifs is 3. The van der Waals surface area contributed by atoms with Crippen LogP contribution in [0.5, 0.6) is 5.88 Å². The van der Waals surface area contributed by atoms with E-state index in [9.17, 15) is 4.79 Å². The number of methoxy groups -OCH3 is 2. The molecule has 0 bridgehead atoms. The summed E-state index contributed by atoms with van der Waals surface area (Å²) >= 11 is 0. The van der Waals surface area contributed by atoms with Crippen LogP contribution in [0.1, 0.15) is 10.4 Å². The van der Waals surface area contributed by atoms with Crippen LogP contribution in [0.2, 0.25) is 0 Å². The van der Waals surface area contributed by atoms with Crippen molar-refractivity contribution in [3.63, 3.8) is 0 Å². The lowest BCUT2D eigenvalue weighted by Crippen LogP contribution is -2.03. The molecule has 3 rings (SSSR count). The van der Waals surface area contributed by atoms with Crippen LogP contribution in [0, 0.1) is 0 Å². The van der Waals surface area contributed by atoms with Crippen molar-refractivity contribution < 1.29 is 14.3 Å². The van der Waals surface area contributed by atoms with E-state index in [1.165, 1.54) is 7.11 Å². The molecule has 0 saturated heterocycles. The fourth-order valence-corrected chi connectivity index (χ4v) is 2.35.